The van der Waals surface area contributed by atoms with Crippen molar-refractivity contribution in [2.45, 2.75) is 32.4 Å². The van der Waals surface area contributed by atoms with Gasteiger partial charge in [-0.2, -0.15) is 5.10 Å². The largest absolute Gasteiger partial charge is 0.357 e. The van der Waals surface area contributed by atoms with E-state index in [4.69, 9.17) is 4.99 Å². The maximum atomic E-state index is 4.82. The number of rotatable bonds is 7. The second kappa shape index (κ2) is 10.4. The predicted octanol–water partition coefficient (Wildman–Crippen LogP) is 3.94. The maximum absolute atomic E-state index is 4.82. The summed E-state index contributed by atoms with van der Waals surface area (Å²) in [4.78, 5) is 4.82. The standard InChI is InChI=1S/C23H27N5.HI/c1-2-24-23(26-16-21-14-18-8-5-6-11-22(18)21)25-15-19-9-3-4-10-20(19)17-28-13-7-12-27-28;/h3-13,21H,2,14-17H2,1H3,(H2,24,25,26);1H. The molecule has 0 saturated carbocycles. The Balaban J connectivity index is 0.00000240. The van der Waals surface area contributed by atoms with Crippen molar-refractivity contribution in [1.29, 1.82) is 0 Å². The Morgan fingerprint density at radius 2 is 1.86 bits per heavy atom. The van der Waals surface area contributed by atoms with Crippen LogP contribution in [-0.2, 0) is 19.5 Å². The third-order valence-corrected chi connectivity index (χ3v) is 5.24. The minimum absolute atomic E-state index is 0. The van der Waals surface area contributed by atoms with E-state index in [1.165, 1.54) is 22.3 Å². The van der Waals surface area contributed by atoms with Gasteiger partial charge >= 0.3 is 0 Å². The van der Waals surface area contributed by atoms with Gasteiger partial charge in [0.25, 0.3) is 0 Å². The summed E-state index contributed by atoms with van der Waals surface area (Å²) < 4.78 is 1.94. The van der Waals surface area contributed by atoms with E-state index in [9.17, 15) is 0 Å². The summed E-state index contributed by atoms with van der Waals surface area (Å²) in [5, 5.41) is 11.2. The van der Waals surface area contributed by atoms with Crippen LogP contribution in [0.3, 0.4) is 0 Å². The number of aliphatic imine (C=N–C) groups is 1. The minimum Gasteiger partial charge on any atom is -0.357 e. The molecule has 1 aliphatic carbocycles. The number of nitrogens with zero attached hydrogens (tertiary/aromatic N) is 3. The molecule has 0 fully saturated rings. The third kappa shape index (κ3) is 5.38. The Labute approximate surface area is 189 Å². The van der Waals surface area contributed by atoms with Crippen LogP contribution < -0.4 is 10.6 Å². The van der Waals surface area contributed by atoms with Crippen molar-refractivity contribution in [1.82, 2.24) is 20.4 Å². The van der Waals surface area contributed by atoms with Gasteiger partial charge < -0.3 is 10.6 Å². The van der Waals surface area contributed by atoms with Crippen LogP contribution in [0.5, 0.6) is 0 Å². The van der Waals surface area contributed by atoms with Crippen LogP contribution in [0.15, 0.2) is 72.0 Å². The topological polar surface area (TPSA) is 54.2 Å². The van der Waals surface area contributed by atoms with Crippen LogP contribution in [-0.4, -0.2) is 28.8 Å². The van der Waals surface area contributed by atoms with E-state index in [0.29, 0.717) is 12.5 Å². The van der Waals surface area contributed by atoms with Crippen molar-refractivity contribution >= 4 is 29.9 Å². The molecule has 1 heterocycles. The molecular formula is C23H28IN5. The van der Waals surface area contributed by atoms with Crippen LogP contribution in [0, 0.1) is 0 Å². The first kappa shape index (κ1) is 21.4. The number of aromatic nitrogens is 2. The van der Waals surface area contributed by atoms with Gasteiger partial charge in [0.15, 0.2) is 5.96 Å². The van der Waals surface area contributed by atoms with Crippen molar-refractivity contribution in [2.24, 2.45) is 4.99 Å². The van der Waals surface area contributed by atoms with E-state index in [2.05, 4.69) is 71.2 Å². The normalized spacial score (nSPS) is 15.1. The number of halogens is 1. The molecule has 29 heavy (non-hydrogen) atoms. The SMILES string of the molecule is CCNC(=NCc1ccccc1Cn1cccn1)NCC1Cc2ccccc21.I. The van der Waals surface area contributed by atoms with Gasteiger partial charge in [0, 0.05) is 31.4 Å². The third-order valence-electron chi connectivity index (χ3n) is 5.24. The molecule has 152 valence electrons. The Morgan fingerprint density at radius 3 is 2.62 bits per heavy atom. The van der Waals surface area contributed by atoms with E-state index in [0.717, 1.165) is 32.0 Å². The van der Waals surface area contributed by atoms with Gasteiger partial charge in [-0.25, -0.2) is 4.99 Å². The Hall–Kier alpha value is -2.35. The zero-order valence-corrected chi connectivity index (χ0v) is 19.0. The highest BCUT2D eigenvalue weighted by atomic mass is 127. The molecule has 0 bridgehead atoms. The zero-order chi connectivity index (χ0) is 19.2. The summed E-state index contributed by atoms with van der Waals surface area (Å²) in [5.74, 6) is 1.45. The van der Waals surface area contributed by atoms with Crippen LogP contribution in [0.1, 0.15) is 35.1 Å². The quantitative estimate of drug-likeness (QED) is 0.293. The van der Waals surface area contributed by atoms with E-state index < -0.39 is 0 Å². The van der Waals surface area contributed by atoms with Gasteiger partial charge in [-0.05, 0) is 41.7 Å². The van der Waals surface area contributed by atoms with Gasteiger partial charge in [0.2, 0.25) is 0 Å². The van der Waals surface area contributed by atoms with Crippen LogP contribution in [0.4, 0.5) is 0 Å². The lowest BCUT2D eigenvalue weighted by Gasteiger charge is -2.30. The molecule has 1 unspecified atom stereocenters. The summed E-state index contributed by atoms with van der Waals surface area (Å²) >= 11 is 0. The van der Waals surface area contributed by atoms with Crippen molar-refractivity contribution in [3.05, 3.63) is 89.2 Å². The monoisotopic (exact) mass is 501 g/mol. The number of hydrogen-bond acceptors (Lipinski definition) is 2. The second-order valence-electron chi connectivity index (χ2n) is 7.15. The maximum Gasteiger partial charge on any atom is 0.191 e. The smallest absolute Gasteiger partial charge is 0.191 e. The zero-order valence-electron chi connectivity index (χ0n) is 16.7. The Bertz CT molecular complexity index is 936. The molecule has 5 nitrogen and oxygen atoms in total. The van der Waals surface area contributed by atoms with Crippen molar-refractivity contribution in [3.8, 4) is 0 Å². The highest BCUT2D eigenvalue weighted by Gasteiger charge is 2.25. The molecule has 2 N–H and O–H groups in total. The van der Waals surface area contributed by atoms with E-state index in [1.54, 1.807) is 0 Å². The molecular weight excluding hydrogens is 473 g/mol. The minimum atomic E-state index is 0. The van der Waals surface area contributed by atoms with E-state index >= 15 is 0 Å². The van der Waals surface area contributed by atoms with Crippen molar-refractivity contribution < 1.29 is 0 Å². The molecule has 2 aromatic carbocycles. The average molecular weight is 501 g/mol. The molecule has 0 spiro atoms. The molecule has 0 amide bonds. The first-order chi connectivity index (χ1) is 13.8. The molecule has 1 aliphatic rings. The number of guanidine groups is 1. The average Bonchev–Trinajstić information content (AvgIpc) is 3.21. The van der Waals surface area contributed by atoms with Gasteiger partial charge in [-0.3, -0.25) is 4.68 Å². The molecule has 6 heteroatoms. The molecule has 0 aliphatic heterocycles. The van der Waals surface area contributed by atoms with Gasteiger partial charge in [0.1, 0.15) is 0 Å². The summed E-state index contributed by atoms with van der Waals surface area (Å²) in [6.07, 6.45) is 4.95. The summed E-state index contributed by atoms with van der Waals surface area (Å²) in [6.45, 7) is 5.27. The molecule has 4 rings (SSSR count). The number of nitrogens with one attached hydrogen (secondary N) is 2. The highest BCUT2D eigenvalue weighted by molar-refractivity contribution is 14.0. The number of fused-ring (bicyclic) bond motifs is 1. The first-order valence-electron chi connectivity index (χ1n) is 9.97. The fraction of sp³-hybridized carbons (Fsp3) is 0.304. The number of benzene rings is 2. The van der Waals surface area contributed by atoms with Gasteiger partial charge in [-0.15, -0.1) is 24.0 Å². The van der Waals surface area contributed by atoms with E-state index in [-0.39, 0.29) is 24.0 Å². The molecule has 0 saturated heterocycles. The fourth-order valence-electron chi connectivity index (χ4n) is 3.71. The molecule has 0 radical (unpaired) electrons. The predicted molar refractivity (Wildman–Crippen MR) is 129 cm³/mol. The van der Waals surface area contributed by atoms with Crippen molar-refractivity contribution in [2.75, 3.05) is 13.1 Å². The lowest BCUT2D eigenvalue weighted by Crippen LogP contribution is -2.41. The van der Waals surface area contributed by atoms with Gasteiger partial charge in [-0.1, -0.05) is 48.5 Å². The molecule has 1 aromatic heterocycles. The van der Waals surface area contributed by atoms with E-state index in [1.807, 2.05) is 23.1 Å². The second-order valence-corrected chi connectivity index (χ2v) is 7.15. The van der Waals surface area contributed by atoms with Crippen LogP contribution in [0.25, 0.3) is 0 Å². The summed E-state index contributed by atoms with van der Waals surface area (Å²) in [6, 6.07) is 19.1. The lowest BCUT2D eigenvalue weighted by molar-refractivity contribution is 0.584. The number of hydrogen-bond donors (Lipinski definition) is 2. The first-order valence-corrected chi connectivity index (χ1v) is 9.97. The molecule has 1 atom stereocenters. The van der Waals surface area contributed by atoms with Crippen LogP contribution >= 0.6 is 24.0 Å². The summed E-state index contributed by atoms with van der Waals surface area (Å²) in [5.41, 5.74) is 5.42. The lowest BCUT2D eigenvalue weighted by atomic mass is 9.78. The fourth-order valence-corrected chi connectivity index (χ4v) is 3.71. The van der Waals surface area contributed by atoms with Crippen molar-refractivity contribution in [3.63, 3.8) is 0 Å². The van der Waals surface area contributed by atoms with Gasteiger partial charge in [0.05, 0.1) is 13.1 Å². The highest BCUT2D eigenvalue weighted by Crippen LogP contribution is 2.33. The molecule has 3 aromatic rings. The Morgan fingerprint density at radius 1 is 1.07 bits per heavy atom. The van der Waals surface area contributed by atoms with Crippen LogP contribution in [0.2, 0.25) is 0 Å². The summed E-state index contributed by atoms with van der Waals surface area (Å²) in [7, 11) is 0. The Kier molecular flexibility index (Phi) is 7.69.